The van der Waals surface area contributed by atoms with E-state index in [-0.39, 0.29) is 0 Å². The molecule has 0 aromatic carbocycles. The van der Waals surface area contributed by atoms with Gasteiger partial charge in [-0.05, 0) is 48.6 Å². The molecule has 3 nitrogen and oxygen atoms in total. The Morgan fingerprint density at radius 2 is 2.26 bits per heavy atom. The lowest BCUT2D eigenvalue weighted by molar-refractivity contribution is 0.573. The van der Waals surface area contributed by atoms with E-state index in [2.05, 4.69) is 25.2 Å². The van der Waals surface area contributed by atoms with Crippen LogP contribution in [0.3, 0.4) is 0 Å². The van der Waals surface area contributed by atoms with Crippen molar-refractivity contribution in [2.45, 2.75) is 39.5 Å². The SMILES string of the molecule is CC1(C)CC1CNc1nc2c(cc1C(N)=S)CCC2. The average molecular weight is 275 g/mol. The van der Waals surface area contributed by atoms with E-state index >= 15 is 0 Å². The van der Waals surface area contributed by atoms with Gasteiger partial charge in [-0.2, -0.15) is 0 Å². The summed E-state index contributed by atoms with van der Waals surface area (Å²) >= 11 is 5.16. The highest BCUT2D eigenvalue weighted by atomic mass is 32.1. The van der Waals surface area contributed by atoms with Gasteiger partial charge < -0.3 is 11.1 Å². The number of aryl methyl sites for hydroxylation is 2. The molecule has 1 aromatic rings. The number of nitrogens with zero attached hydrogens (tertiary/aromatic N) is 1. The number of nitrogens with two attached hydrogens (primary N) is 1. The molecule has 0 spiro atoms. The highest BCUT2D eigenvalue weighted by Crippen LogP contribution is 2.51. The first-order chi connectivity index (χ1) is 8.97. The van der Waals surface area contributed by atoms with E-state index in [0.717, 1.165) is 36.7 Å². The molecule has 0 aliphatic heterocycles. The highest BCUT2D eigenvalue weighted by molar-refractivity contribution is 7.80. The molecule has 2 aliphatic carbocycles. The summed E-state index contributed by atoms with van der Waals surface area (Å²) < 4.78 is 0. The van der Waals surface area contributed by atoms with Crippen molar-refractivity contribution >= 4 is 23.0 Å². The summed E-state index contributed by atoms with van der Waals surface area (Å²) in [5, 5.41) is 3.46. The lowest BCUT2D eigenvalue weighted by Gasteiger charge is -2.13. The van der Waals surface area contributed by atoms with Crippen LogP contribution in [0.25, 0.3) is 0 Å². The first kappa shape index (κ1) is 12.9. The summed E-state index contributed by atoms with van der Waals surface area (Å²) in [6.45, 7) is 5.59. The van der Waals surface area contributed by atoms with Crippen LogP contribution in [0.5, 0.6) is 0 Å². The predicted octanol–water partition coefficient (Wildman–Crippen LogP) is 2.66. The summed E-state index contributed by atoms with van der Waals surface area (Å²) in [5.41, 5.74) is 9.77. The van der Waals surface area contributed by atoms with Gasteiger partial charge in [0.2, 0.25) is 0 Å². The molecule has 1 heterocycles. The van der Waals surface area contributed by atoms with Crippen LogP contribution < -0.4 is 11.1 Å². The minimum atomic E-state index is 0.444. The topological polar surface area (TPSA) is 50.9 Å². The second-order valence-electron chi connectivity index (χ2n) is 6.48. The Morgan fingerprint density at radius 1 is 1.53 bits per heavy atom. The van der Waals surface area contributed by atoms with Gasteiger partial charge in [-0.25, -0.2) is 4.98 Å². The van der Waals surface area contributed by atoms with Gasteiger partial charge in [0.15, 0.2) is 0 Å². The van der Waals surface area contributed by atoms with E-state index in [1.807, 2.05) is 0 Å². The molecule has 3 N–H and O–H groups in total. The average Bonchev–Trinajstić information content (AvgIpc) is 2.75. The Kier molecular flexibility index (Phi) is 3.01. The van der Waals surface area contributed by atoms with Gasteiger partial charge in [-0.1, -0.05) is 26.1 Å². The Labute approximate surface area is 120 Å². The van der Waals surface area contributed by atoms with Crippen molar-refractivity contribution in [2.24, 2.45) is 17.1 Å². The third kappa shape index (κ3) is 2.46. The number of hydrogen-bond acceptors (Lipinski definition) is 3. The Bertz CT molecular complexity index is 536. The van der Waals surface area contributed by atoms with Crippen LogP contribution in [-0.4, -0.2) is 16.5 Å². The van der Waals surface area contributed by atoms with Crippen LogP contribution in [-0.2, 0) is 12.8 Å². The molecule has 1 saturated carbocycles. The number of thiocarbonyl (C=S) groups is 1. The number of anilines is 1. The smallest absolute Gasteiger partial charge is 0.136 e. The zero-order chi connectivity index (χ0) is 13.6. The Balaban J connectivity index is 1.81. The Morgan fingerprint density at radius 3 is 2.89 bits per heavy atom. The van der Waals surface area contributed by atoms with Crippen LogP contribution in [0.2, 0.25) is 0 Å². The summed E-state index contributed by atoms with van der Waals surface area (Å²) in [6.07, 6.45) is 4.66. The van der Waals surface area contributed by atoms with E-state index in [1.165, 1.54) is 24.1 Å². The van der Waals surface area contributed by atoms with Crippen LogP contribution in [0.4, 0.5) is 5.82 Å². The molecule has 19 heavy (non-hydrogen) atoms. The van der Waals surface area contributed by atoms with E-state index in [0.29, 0.717) is 10.4 Å². The fourth-order valence-electron chi connectivity index (χ4n) is 2.94. The molecule has 2 aliphatic rings. The maximum absolute atomic E-state index is 5.84. The number of fused-ring (bicyclic) bond motifs is 1. The number of nitrogens with one attached hydrogen (secondary N) is 1. The fourth-order valence-corrected chi connectivity index (χ4v) is 3.09. The number of pyridine rings is 1. The van der Waals surface area contributed by atoms with Gasteiger partial charge in [-0.3, -0.25) is 0 Å². The van der Waals surface area contributed by atoms with Crippen molar-refractivity contribution in [3.05, 3.63) is 22.9 Å². The minimum absolute atomic E-state index is 0.444. The van der Waals surface area contributed by atoms with Crippen molar-refractivity contribution in [3.63, 3.8) is 0 Å². The monoisotopic (exact) mass is 275 g/mol. The van der Waals surface area contributed by atoms with Gasteiger partial charge in [0.1, 0.15) is 10.8 Å². The molecule has 3 rings (SSSR count). The van der Waals surface area contributed by atoms with Gasteiger partial charge in [-0.15, -0.1) is 0 Å². The summed E-state index contributed by atoms with van der Waals surface area (Å²) in [6, 6.07) is 2.14. The highest BCUT2D eigenvalue weighted by Gasteiger charge is 2.45. The lowest BCUT2D eigenvalue weighted by Crippen LogP contribution is -2.17. The number of hydrogen-bond donors (Lipinski definition) is 2. The van der Waals surface area contributed by atoms with E-state index < -0.39 is 0 Å². The van der Waals surface area contributed by atoms with Crippen molar-refractivity contribution in [1.29, 1.82) is 0 Å². The minimum Gasteiger partial charge on any atom is -0.389 e. The molecule has 1 atom stereocenters. The van der Waals surface area contributed by atoms with Gasteiger partial charge >= 0.3 is 0 Å². The van der Waals surface area contributed by atoms with Crippen LogP contribution in [0.15, 0.2) is 6.07 Å². The molecule has 1 unspecified atom stereocenters. The molecule has 0 saturated heterocycles. The molecule has 1 aromatic heterocycles. The first-order valence-corrected chi connectivity index (χ1v) is 7.44. The third-order valence-corrected chi connectivity index (χ3v) is 4.77. The number of aromatic nitrogens is 1. The summed E-state index contributed by atoms with van der Waals surface area (Å²) in [7, 11) is 0. The summed E-state index contributed by atoms with van der Waals surface area (Å²) in [4.78, 5) is 5.19. The van der Waals surface area contributed by atoms with Crippen molar-refractivity contribution in [2.75, 3.05) is 11.9 Å². The molecule has 0 radical (unpaired) electrons. The second kappa shape index (κ2) is 4.44. The van der Waals surface area contributed by atoms with Crippen molar-refractivity contribution in [3.8, 4) is 0 Å². The van der Waals surface area contributed by atoms with Gasteiger partial charge in [0.25, 0.3) is 0 Å². The molecular weight excluding hydrogens is 254 g/mol. The van der Waals surface area contributed by atoms with Crippen LogP contribution in [0.1, 0.15) is 43.5 Å². The third-order valence-electron chi connectivity index (χ3n) is 4.55. The van der Waals surface area contributed by atoms with Gasteiger partial charge in [0, 0.05) is 12.2 Å². The molecule has 4 heteroatoms. The van der Waals surface area contributed by atoms with Crippen molar-refractivity contribution in [1.82, 2.24) is 4.98 Å². The fraction of sp³-hybridized carbons (Fsp3) is 0.600. The maximum atomic E-state index is 5.84. The van der Waals surface area contributed by atoms with Gasteiger partial charge in [0.05, 0.1) is 5.56 Å². The Hall–Kier alpha value is -1.16. The maximum Gasteiger partial charge on any atom is 0.136 e. The normalized spacial score (nSPS) is 22.9. The van der Waals surface area contributed by atoms with E-state index in [9.17, 15) is 0 Å². The van der Waals surface area contributed by atoms with Crippen LogP contribution in [0, 0.1) is 11.3 Å². The number of rotatable bonds is 4. The molecule has 0 amide bonds. The van der Waals surface area contributed by atoms with Crippen LogP contribution >= 0.6 is 12.2 Å². The second-order valence-corrected chi connectivity index (χ2v) is 6.92. The molecule has 102 valence electrons. The standard InChI is InChI=1S/C15H21N3S/c1-15(2)7-10(15)8-17-14-11(13(16)19)6-9-4-3-5-12(9)18-14/h6,10H,3-5,7-8H2,1-2H3,(H2,16,19)(H,17,18). The lowest BCUT2D eigenvalue weighted by atomic mass is 10.1. The molecule has 1 fully saturated rings. The first-order valence-electron chi connectivity index (χ1n) is 7.04. The van der Waals surface area contributed by atoms with E-state index in [1.54, 1.807) is 0 Å². The zero-order valence-electron chi connectivity index (χ0n) is 11.6. The van der Waals surface area contributed by atoms with Crippen molar-refractivity contribution < 1.29 is 0 Å². The predicted molar refractivity (Wildman–Crippen MR) is 82.5 cm³/mol. The summed E-state index contributed by atoms with van der Waals surface area (Å²) in [5.74, 6) is 1.62. The molecular formula is C15H21N3S. The largest absolute Gasteiger partial charge is 0.389 e. The molecule has 0 bridgehead atoms. The quantitative estimate of drug-likeness (QED) is 0.830. The zero-order valence-corrected chi connectivity index (χ0v) is 12.4. The van der Waals surface area contributed by atoms with E-state index in [4.69, 9.17) is 22.9 Å².